The number of amides is 1. The highest BCUT2D eigenvalue weighted by molar-refractivity contribution is 8.00. The van der Waals surface area contributed by atoms with Gasteiger partial charge in [-0.25, -0.2) is 0 Å². The number of hydrogen-bond donors (Lipinski definition) is 2. The Balaban J connectivity index is 3.40. The molecule has 0 radical (unpaired) electrons. The molecule has 0 fully saturated rings. The molecule has 0 atom stereocenters. The summed E-state index contributed by atoms with van der Waals surface area (Å²) in [7, 11) is 0. The summed E-state index contributed by atoms with van der Waals surface area (Å²) in [6, 6.07) is 0. The Morgan fingerprint density at radius 2 is 2.00 bits per heavy atom. The molecular formula is C8H10N2O2S2. The molecule has 0 aliphatic heterocycles. The molecule has 4 nitrogen and oxygen atoms in total. The number of carbonyl (C=O) groups is 2. The van der Waals surface area contributed by atoms with Crippen LogP contribution in [0, 0.1) is 0 Å². The predicted molar refractivity (Wildman–Crippen MR) is 59.0 cm³/mol. The van der Waals surface area contributed by atoms with Gasteiger partial charge in [-0.2, -0.15) is 0 Å². The molecule has 1 aromatic heterocycles. The highest BCUT2D eigenvalue weighted by Gasteiger charge is 2.21. The third kappa shape index (κ3) is 1.76. The molecule has 0 spiro atoms. The predicted octanol–water partition coefficient (Wildman–Crippen LogP) is 1.35. The van der Waals surface area contributed by atoms with Crippen LogP contribution in [-0.2, 0) is 0 Å². The van der Waals surface area contributed by atoms with E-state index in [1.807, 2.05) is 6.26 Å². The standard InChI is InChI=1S/C8H10N2O2S2/c1-3(11)6-5(9)4(7(10)12)8(13-2)14-6/h9H2,1-2H3,(H2,10,12). The molecule has 0 saturated heterocycles. The third-order valence-corrected chi connectivity index (χ3v) is 4.09. The van der Waals surface area contributed by atoms with Gasteiger partial charge in [0.25, 0.3) is 5.91 Å². The normalized spacial score (nSPS) is 10.1. The van der Waals surface area contributed by atoms with E-state index in [4.69, 9.17) is 11.5 Å². The second-order valence-corrected chi connectivity index (χ2v) is 4.73. The molecule has 1 heterocycles. The van der Waals surface area contributed by atoms with Crippen LogP contribution >= 0.6 is 23.1 Å². The summed E-state index contributed by atoms with van der Waals surface area (Å²) in [4.78, 5) is 22.6. The second kappa shape index (κ2) is 4.02. The van der Waals surface area contributed by atoms with Crippen molar-refractivity contribution in [2.24, 2.45) is 5.73 Å². The second-order valence-electron chi connectivity index (χ2n) is 2.63. The fraction of sp³-hybridized carbons (Fsp3) is 0.250. The fourth-order valence-corrected chi connectivity index (χ4v) is 2.91. The zero-order valence-corrected chi connectivity index (χ0v) is 9.42. The van der Waals surface area contributed by atoms with Gasteiger partial charge in [0.2, 0.25) is 0 Å². The maximum absolute atomic E-state index is 11.1. The summed E-state index contributed by atoms with van der Waals surface area (Å²) in [6.45, 7) is 1.41. The van der Waals surface area contributed by atoms with Gasteiger partial charge in [0.1, 0.15) is 0 Å². The van der Waals surface area contributed by atoms with Gasteiger partial charge in [-0.3, -0.25) is 9.59 Å². The number of thioether (sulfide) groups is 1. The number of nitrogens with two attached hydrogens (primary N) is 2. The number of primary amides is 1. The van der Waals surface area contributed by atoms with Crippen LogP contribution in [0.3, 0.4) is 0 Å². The molecule has 0 bridgehead atoms. The Bertz CT molecular complexity index is 398. The van der Waals surface area contributed by atoms with E-state index in [0.29, 0.717) is 9.09 Å². The van der Waals surface area contributed by atoms with Crippen molar-refractivity contribution in [3.8, 4) is 0 Å². The molecule has 0 saturated carbocycles. The van der Waals surface area contributed by atoms with Gasteiger partial charge in [0.05, 0.1) is 20.3 Å². The van der Waals surface area contributed by atoms with Crippen molar-refractivity contribution in [2.45, 2.75) is 11.1 Å². The van der Waals surface area contributed by atoms with Crippen LogP contribution in [0.5, 0.6) is 0 Å². The third-order valence-electron chi connectivity index (χ3n) is 1.66. The number of thiophene rings is 1. The zero-order chi connectivity index (χ0) is 10.9. The smallest absolute Gasteiger partial charge is 0.252 e. The molecule has 0 aliphatic rings. The van der Waals surface area contributed by atoms with E-state index < -0.39 is 5.91 Å². The molecule has 14 heavy (non-hydrogen) atoms. The minimum absolute atomic E-state index is 0.143. The Labute approximate surface area is 89.7 Å². The first-order valence-corrected chi connectivity index (χ1v) is 5.80. The van der Waals surface area contributed by atoms with E-state index in [9.17, 15) is 9.59 Å². The molecule has 0 unspecified atom stereocenters. The van der Waals surface area contributed by atoms with Crippen LogP contribution in [0.4, 0.5) is 5.69 Å². The minimum atomic E-state index is -0.587. The van der Waals surface area contributed by atoms with Crippen molar-refractivity contribution in [3.05, 3.63) is 10.4 Å². The van der Waals surface area contributed by atoms with Crippen LogP contribution in [-0.4, -0.2) is 17.9 Å². The van der Waals surface area contributed by atoms with E-state index in [1.165, 1.54) is 30.0 Å². The monoisotopic (exact) mass is 230 g/mol. The van der Waals surface area contributed by atoms with Gasteiger partial charge >= 0.3 is 0 Å². The number of ketones is 1. The summed E-state index contributed by atoms with van der Waals surface area (Å²) >= 11 is 2.57. The van der Waals surface area contributed by atoms with Gasteiger partial charge in [-0.05, 0) is 6.26 Å². The maximum Gasteiger partial charge on any atom is 0.252 e. The minimum Gasteiger partial charge on any atom is -0.397 e. The first-order valence-electron chi connectivity index (χ1n) is 3.76. The molecule has 76 valence electrons. The highest BCUT2D eigenvalue weighted by atomic mass is 32.2. The van der Waals surface area contributed by atoms with Crippen LogP contribution in [0.15, 0.2) is 4.21 Å². The summed E-state index contributed by atoms with van der Waals surface area (Å²) < 4.78 is 0.695. The molecule has 0 aromatic carbocycles. The largest absolute Gasteiger partial charge is 0.397 e. The Morgan fingerprint density at radius 1 is 1.43 bits per heavy atom. The maximum atomic E-state index is 11.1. The van der Waals surface area contributed by atoms with Gasteiger partial charge in [0.15, 0.2) is 5.78 Å². The molecule has 0 aliphatic carbocycles. The lowest BCUT2D eigenvalue weighted by Gasteiger charge is -1.96. The molecular weight excluding hydrogens is 220 g/mol. The molecule has 1 aromatic rings. The summed E-state index contributed by atoms with van der Waals surface area (Å²) in [5.41, 5.74) is 11.3. The lowest BCUT2D eigenvalue weighted by Crippen LogP contribution is -2.13. The number of hydrogen-bond acceptors (Lipinski definition) is 5. The molecule has 1 amide bonds. The summed E-state index contributed by atoms with van der Waals surface area (Å²) in [6.07, 6.45) is 1.81. The van der Waals surface area contributed by atoms with E-state index in [-0.39, 0.29) is 17.0 Å². The Kier molecular flexibility index (Phi) is 3.17. The molecule has 4 N–H and O–H groups in total. The van der Waals surface area contributed by atoms with E-state index >= 15 is 0 Å². The number of anilines is 1. The van der Waals surface area contributed by atoms with Crippen molar-refractivity contribution in [3.63, 3.8) is 0 Å². The van der Waals surface area contributed by atoms with Crippen LogP contribution in [0.25, 0.3) is 0 Å². The van der Waals surface area contributed by atoms with Crippen molar-refractivity contribution in [1.82, 2.24) is 0 Å². The molecule has 1 rings (SSSR count). The van der Waals surface area contributed by atoms with Crippen molar-refractivity contribution in [2.75, 3.05) is 12.0 Å². The van der Waals surface area contributed by atoms with Gasteiger partial charge in [0, 0.05) is 6.92 Å². The summed E-state index contributed by atoms with van der Waals surface area (Å²) in [5.74, 6) is -0.731. The van der Waals surface area contributed by atoms with Gasteiger partial charge < -0.3 is 11.5 Å². The lowest BCUT2D eigenvalue weighted by atomic mass is 10.2. The first kappa shape index (κ1) is 11.1. The topological polar surface area (TPSA) is 86.2 Å². The van der Waals surface area contributed by atoms with E-state index in [0.717, 1.165) is 0 Å². The van der Waals surface area contributed by atoms with Crippen molar-refractivity contribution in [1.29, 1.82) is 0 Å². The SMILES string of the molecule is CSc1sc(C(C)=O)c(N)c1C(N)=O. The van der Waals surface area contributed by atoms with E-state index in [1.54, 1.807) is 0 Å². The number of rotatable bonds is 3. The van der Waals surface area contributed by atoms with E-state index in [2.05, 4.69) is 0 Å². The fourth-order valence-electron chi connectivity index (χ4n) is 1.06. The highest BCUT2D eigenvalue weighted by Crippen LogP contribution is 2.36. The number of carbonyl (C=O) groups excluding carboxylic acids is 2. The van der Waals surface area contributed by atoms with Gasteiger partial charge in [-0.1, -0.05) is 0 Å². The van der Waals surface area contributed by atoms with Crippen LogP contribution in [0.2, 0.25) is 0 Å². The Morgan fingerprint density at radius 3 is 2.29 bits per heavy atom. The van der Waals surface area contributed by atoms with Gasteiger partial charge in [-0.15, -0.1) is 23.1 Å². The first-order chi connectivity index (χ1) is 6.49. The summed E-state index contributed by atoms with van der Waals surface area (Å²) in [5, 5.41) is 0. The quantitative estimate of drug-likeness (QED) is 0.606. The Hall–Kier alpha value is -1.01. The number of Topliss-reactive ketones (excluding diaryl/α,β-unsaturated/α-hetero) is 1. The average molecular weight is 230 g/mol. The van der Waals surface area contributed by atoms with Crippen molar-refractivity contribution < 1.29 is 9.59 Å². The lowest BCUT2D eigenvalue weighted by molar-refractivity contribution is 0.0998. The molecule has 6 heteroatoms. The number of nitrogen functional groups attached to an aromatic ring is 1. The van der Waals surface area contributed by atoms with Crippen molar-refractivity contribution >= 4 is 40.5 Å². The average Bonchev–Trinajstić information content (AvgIpc) is 2.42. The van der Waals surface area contributed by atoms with Crippen LogP contribution < -0.4 is 11.5 Å². The zero-order valence-electron chi connectivity index (χ0n) is 7.79. The van der Waals surface area contributed by atoms with Crippen LogP contribution in [0.1, 0.15) is 27.0 Å².